The SMILES string of the molecule is CCn1c(-c2cccnc2[C@H](C)OC)c(CC(C)(C)COC(C)=O)c2cc(-c3csc(C[C@H](NC(=O)[C@H](C4CCCC4)N(C)C(=O)[C@H]4CCN(C(=O)C#CC(C)(C)N(C)C)C4)C(=O)N4CCCCN4)n3)ccc21. The van der Waals surface area contributed by atoms with Gasteiger partial charge in [-0.3, -0.25) is 38.9 Å². The van der Waals surface area contributed by atoms with Crippen LogP contribution in [0.3, 0.4) is 0 Å². The number of aromatic nitrogens is 3. The van der Waals surface area contributed by atoms with Gasteiger partial charge in [0.25, 0.3) is 11.8 Å². The zero-order valence-electron chi connectivity index (χ0n) is 44.9. The summed E-state index contributed by atoms with van der Waals surface area (Å²) >= 11 is 1.44. The van der Waals surface area contributed by atoms with Crippen LogP contribution in [0.2, 0.25) is 0 Å². The number of carbonyl (C=O) groups excluding carboxylic acids is 5. The first-order valence-corrected chi connectivity index (χ1v) is 26.9. The molecule has 3 aromatic heterocycles. The minimum Gasteiger partial charge on any atom is -0.465 e. The molecule has 0 unspecified atom stereocenters. The van der Waals surface area contributed by atoms with E-state index in [1.54, 1.807) is 35.2 Å². The molecule has 73 heavy (non-hydrogen) atoms. The summed E-state index contributed by atoms with van der Waals surface area (Å²) in [5.41, 5.74) is 8.95. The number of fused-ring (bicyclic) bond motifs is 1. The van der Waals surface area contributed by atoms with E-state index in [0.29, 0.717) is 44.0 Å². The van der Waals surface area contributed by atoms with Gasteiger partial charge < -0.3 is 29.2 Å². The van der Waals surface area contributed by atoms with Gasteiger partial charge in [0, 0.05) is 99.2 Å². The van der Waals surface area contributed by atoms with Crippen molar-refractivity contribution < 1.29 is 33.4 Å². The van der Waals surface area contributed by atoms with Crippen LogP contribution >= 0.6 is 11.3 Å². The summed E-state index contributed by atoms with van der Waals surface area (Å²) in [5, 5.41) is 8.51. The Labute approximate surface area is 435 Å². The molecule has 2 N–H and O–H groups in total. The van der Waals surface area contributed by atoms with E-state index in [1.807, 2.05) is 51.2 Å². The highest BCUT2D eigenvalue weighted by Gasteiger charge is 2.42. The maximum absolute atomic E-state index is 14.8. The molecule has 16 nitrogen and oxygen atoms in total. The van der Waals surface area contributed by atoms with Gasteiger partial charge in [0.2, 0.25) is 11.8 Å². The van der Waals surface area contributed by atoms with E-state index >= 15 is 0 Å². The third kappa shape index (κ3) is 12.8. The number of benzene rings is 1. The second kappa shape index (κ2) is 23.7. The standard InChI is InChI=1S/C56H77N9O7S/c1-12-64-46-22-21-39(30-42(46)43(32-55(4,5)35-72-37(3)66)51(64)41-20-17-26-57-49(41)36(2)71-11)45-34-73-47(59-45)31-44(54(70)65-28-16-15-27-58-65)60-52(68)50(38-18-13-14-19-38)62(10)53(69)40-24-29-63(33-40)48(67)23-25-56(6,7)61(8)9/h17,20-22,26,30,34,36,38,40,44,50,58H,12-16,18-19,24,27-29,31-33,35H2,1-11H3,(H,60,68)/t36-,40-,44-,50-/m0/s1. The fourth-order valence-corrected chi connectivity index (χ4v) is 11.3. The van der Waals surface area contributed by atoms with Crippen molar-refractivity contribution in [3.05, 3.63) is 58.2 Å². The average Bonchev–Trinajstić information content (AvgIpc) is 4.23. The maximum atomic E-state index is 14.8. The highest BCUT2D eigenvalue weighted by Crippen LogP contribution is 2.42. The molecule has 2 aliphatic heterocycles. The van der Waals surface area contributed by atoms with E-state index in [9.17, 15) is 24.0 Å². The number of amides is 4. The van der Waals surface area contributed by atoms with Crippen molar-refractivity contribution in [3.8, 4) is 34.4 Å². The Kier molecular flexibility index (Phi) is 17.9. The van der Waals surface area contributed by atoms with E-state index < -0.39 is 29.0 Å². The number of carbonyl (C=O) groups is 5. The number of likely N-dealkylation sites (N-methyl/N-ethyl adjacent to an activating group) is 1. The van der Waals surface area contributed by atoms with E-state index in [4.69, 9.17) is 19.4 Å². The molecule has 7 rings (SSSR count). The third-order valence-electron chi connectivity index (χ3n) is 15.2. The van der Waals surface area contributed by atoms with Gasteiger partial charge in [-0.25, -0.2) is 10.4 Å². The number of likely N-dealkylation sites (tertiary alicyclic amines) is 1. The van der Waals surface area contributed by atoms with Gasteiger partial charge in [-0.05, 0) is 122 Å². The van der Waals surface area contributed by atoms with Crippen molar-refractivity contribution in [3.63, 3.8) is 0 Å². The number of esters is 1. The summed E-state index contributed by atoms with van der Waals surface area (Å²) in [6.45, 7) is 16.4. The predicted molar refractivity (Wildman–Crippen MR) is 285 cm³/mol. The van der Waals surface area contributed by atoms with Gasteiger partial charge in [0.1, 0.15) is 12.1 Å². The molecule has 4 aromatic rings. The Morgan fingerprint density at radius 2 is 1.77 bits per heavy atom. The van der Waals surface area contributed by atoms with E-state index in [1.165, 1.54) is 18.3 Å². The fourth-order valence-electron chi connectivity index (χ4n) is 10.5. The number of hydrogen-bond acceptors (Lipinski definition) is 12. The molecule has 4 amide bonds. The minimum atomic E-state index is -0.952. The van der Waals surface area contributed by atoms with Gasteiger partial charge in [0.15, 0.2) is 0 Å². The van der Waals surface area contributed by atoms with Crippen LogP contribution in [0.1, 0.15) is 116 Å². The second-order valence-electron chi connectivity index (χ2n) is 21.6. The molecule has 0 bridgehead atoms. The summed E-state index contributed by atoms with van der Waals surface area (Å²) in [4.78, 5) is 84.0. The van der Waals surface area contributed by atoms with E-state index in [0.717, 1.165) is 83.2 Å². The highest BCUT2D eigenvalue weighted by molar-refractivity contribution is 7.10. The van der Waals surface area contributed by atoms with Crippen LogP contribution in [0.25, 0.3) is 33.4 Å². The molecule has 2 saturated heterocycles. The van der Waals surface area contributed by atoms with Crippen molar-refractivity contribution in [1.82, 2.24) is 45.0 Å². The lowest BCUT2D eigenvalue weighted by molar-refractivity contribution is -0.146. The first kappa shape index (κ1) is 55.1. The van der Waals surface area contributed by atoms with Crippen LogP contribution in [0, 0.1) is 29.1 Å². The van der Waals surface area contributed by atoms with Crippen LogP contribution in [-0.2, 0) is 52.8 Å². The number of nitrogens with zero attached hydrogens (tertiary/aromatic N) is 7. The first-order valence-electron chi connectivity index (χ1n) is 26.1. The fraction of sp³-hybridized carbons (Fsp3) is 0.589. The lowest BCUT2D eigenvalue weighted by Gasteiger charge is -2.35. The molecule has 1 aromatic carbocycles. The number of methoxy groups -OCH3 is 1. The van der Waals surface area contributed by atoms with E-state index in [2.05, 4.69) is 72.2 Å². The van der Waals surface area contributed by atoms with Crippen molar-refractivity contribution in [2.75, 3.05) is 61.0 Å². The lowest BCUT2D eigenvalue weighted by Crippen LogP contribution is -2.60. The van der Waals surface area contributed by atoms with Gasteiger partial charge in [-0.2, -0.15) is 0 Å². The molecule has 5 heterocycles. The van der Waals surface area contributed by atoms with Crippen molar-refractivity contribution >= 4 is 51.8 Å². The van der Waals surface area contributed by atoms with Gasteiger partial charge >= 0.3 is 5.97 Å². The number of rotatable bonds is 18. The molecule has 3 fully saturated rings. The number of pyridine rings is 1. The van der Waals surface area contributed by atoms with Crippen LogP contribution in [0.15, 0.2) is 41.9 Å². The molecule has 4 atom stereocenters. The zero-order chi connectivity index (χ0) is 52.8. The normalized spacial score (nSPS) is 17.8. The van der Waals surface area contributed by atoms with Gasteiger partial charge in [-0.1, -0.05) is 38.7 Å². The highest BCUT2D eigenvalue weighted by atomic mass is 32.1. The number of thiazole rings is 1. The molecule has 0 radical (unpaired) electrons. The van der Waals surface area contributed by atoms with Crippen LogP contribution in [-0.4, -0.2) is 143 Å². The maximum Gasteiger partial charge on any atom is 0.302 e. The Bertz CT molecular complexity index is 2700. The van der Waals surface area contributed by atoms with Crippen molar-refractivity contribution in [2.45, 2.75) is 137 Å². The van der Waals surface area contributed by atoms with Crippen LogP contribution < -0.4 is 10.7 Å². The van der Waals surface area contributed by atoms with Crippen LogP contribution in [0.4, 0.5) is 0 Å². The van der Waals surface area contributed by atoms with Crippen molar-refractivity contribution in [1.29, 1.82) is 0 Å². The monoisotopic (exact) mass is 1020 g/mol. The number of ether oxygens (including phenoxy) is 2. The number of hydrogen-bond donors (Lipinski definition) is 2. The average molecular weight is 1020 g/mol. The number of hydrazine groups is 1. The van der Waals surface area contributed by atoms with Gasteiger partial charge in [-0.15, -0.1) is 11.3 Å². The third-order valence-corrected chi connectivity index (χ3v) is 16.0. The van der Waals surface area contributed by atoms with Crippen molar-refractivity contribution in [2.24, 2.45) is 17.3 Å². The van der Waals surface area contributed by atoms with Crippen LogP contribution in [0.5, 0.6) is 0 Å². The largest absolute Gasteiger partial charge is 0.465 e. The lowest BCUT2D eigenvalue weighted by atomic mass is 9.84. The molecule has 1 saturated carbocycles. The molecular weight excluding hydrogens is 943 g/mol. The summed E-state index contributed by atoms with van der Waals surface area (Å²) < 4.78 is 13.7. The Balaban J connectivity index is 1.18. The Morgan fingerprint density at radius 3 is 2.44 bits per heavy atom. The molecule has 17 heteroatoms. The summed E-state index contributed by atoms with van der Waals surface area (Å²) in [6, 6.07) is 8.68. The quantitative estimate of drug-likeness (QED) is 0.0774. The Morgan fingerprint density at radius 1 is 1.01 bits per heavy atom. The Hall–Kier alpha value is -5.67. The summed E-state index contributed by atoms with van der Waals surface area (Å²) in [7, 11) is 7.21. The summed E-state index contributed by atoms with van der Waals surface area (Å²) in [6.07, 6.45) is 8.02. The van der Waals surface area contributed by atoms with Gasteiger partial charge in [0.05, 0.1) is 46.3 Å². The topological polar surface area (TPSA) is 172 Å². The minimum absolute atomic E-state index is 0.0780. The molecular formula is C56H77N9O7S. The number of nitrogens with one attached hydrogen (secondary N) is 2. The summed E-state index contributed by atoms with van der Waals surface area (Å²) in [5.74, 6) is 3.88. The molecule has 394 valence electrons. The second-order valence-corrected chi connectivity index (χ2v) is 22.6. The number of aryl methyl sites for hydroxylation is 1. The molecule has 1 aliphatic carbocycles. The predicted octanol–water partition coefficient (Wildman–Crippen LogP) is 7.05. The smallest absolute Gasteiger partial charge is 0.302 e. The molecule has 3 aliphatic rings. The first-order chi connectivity index (χ1) is 34.7. The molecule has 0 spiro atoms. The van der Waals surface area contributed by atoms with E-state index in [-0.39, 0.29) is 61.2 Å². The zero-order valence-corrected chi connectivity index (χ0v) is 45.7.